The number of hydrogen-bond donors (Lipinski definition) is 1. The molecule has 1 heterocycles. The molecule has 3 nitrogen and oxygen atoms in total. The summed E-state index contributed by atoms with van der Waals surface area (Å²) < 4.78 is 3.20. The summed E-state index contributed by atoms with van der Waals surface area (Å²) in [7, 11) is 4.00. The third-order valence-electron chi connectivity index (χ3n) is 2.76. The Labute approximate surface area is 120 Å². The van der Waals surface area contributed by atoms with Gasteiger partial charge in [-0.05, 0) is 35.1 Å². The van der Waals surface area contributed by atoms with E-state index in [1.807, 2.05) is 44.3 Å². The van der Waals surface area contributed by atoms with Crippen LogP contribution in [0.25, 0.3) is 0 Å². The van der Waals surface area contributed by atoms with Crippen molar-refractivity contribution < 1.29 is 0 Å². The molecule has 2 aromatic rings. The lowest BCUT2D eigenvalue weighted by atomic mass is 10.3. The summed E-state index contributed by atoms with van der Waals surface area (Å²) in [5.41, 5.74) is 0. The molecular weight excluding hydrogens is 310 g/mol. The Morgan fingerprint density at radius 2 is 2.22 bits per heavy atom. The molecule has 0 amide bonds. The van der Waals surface area contributed by atoms with Gasteiger partial charge in [-0.2, -0.15) is 0 Å². The van der Waals surface area contributed by atoms with Crippen LogP contribution in [-0.2, 0) is 7.05 Å². The van der Waals surface area contributed by atoms with Crippen LogP contribution in [0.5, 0.6) is 0 Å². The first-order valence-corrected chi connectivity index (χ1v) is 7.52. The maximum atomic E-state index is 4.40. The number of hydrogen-bond acceptors (Lipinski definition) is 3. The molecule has 0 saturated heterocycles. The highest BCUT2D eigenvalue weighted by Crippen LogP contribution is 2.29. The Kier molecular flexibility index (Phi) is 4.86. The minimum Gasteiger partial charge on any atom is -0.337 e. The predicted octanol–water partition coefficient (Wildman–Crippen LogP) is 3.24. The molecule has 0 spiro atoms. The first-order valence-electron chi connectivity index (χ1n) is 5.74. The van der Waals surface area contributed by atoms with Crippen molar-refractivity contribution in [2.24, 2.45) is 7.05 Å². The first-order chi connectivity index (χ1) is 8.72. The van der Waals surface area contributed by atoms with Crippen LogP contribution in [0, 0.1) is 0 Å². The third-order valence-corrected chi connectivity index (χ3v) is 4.88. The summed E-state index contributed by atoms with van der Waals surface area (Å²) in [6.07, 6.45) is 3.81. The summed E-state index contributed by atoms with van der Waals surface area (Å²) in [6.45, 7) is 0. The number of aryl methyl sites for hydroxylation is 1. The van der Waals surface area contributed by atoms with Crippen molar-refractivity contribution in [2.45, 2.75) is 10.9 Å². The molecule has 1 aromatic heterocycles. The summed E-state index contributed by atoms with van der Waals surface area (Å²) in [5, 5.41) is 3.32. The van der Waals surface area contributed by atoms with E-state index in [9.17, 15) is 0 Å². The van der Waals surface area contributed by atoms with Gasteiger partial charge in [0.2, 0.25) is 0 Å². The molecule has 0 aliphatic heterocycles. The zero-order chi connectivity index (χ0) is 13.0. The van der Waals surface area contributed by atoms with Crippen LogP contribution in [0.3, 0.4) is 0 Å². The highest BCUT2D eigenvalue weighted by molar-refractivity contribution is 9.10. The summed E-state index contributed by atoms with van der Waals surface area (Å²) in [4.78, 5) is 5.65. The van der Waals surface area contributed by atoms with Gasteiger partial charge in [-0.3, -0.25) is 0 Å². The Morgan fingerprint density at radius 3 is 2.83 bits per heavy atom. The summed E-state index contributed by atoms with van der Waals surface area (Å²) in [5.74, 6) is 2.02. The number of nitrogens with one attached hydrogen (secondary N) is 1. The number of benzene rings is 1. The molecular formula is C13H16BrN3S. The molecule has 96 valence electrons. The second-order valence-electron chi connectivity index (χ2n) is 3.98. The topological polar surface area (TPSA) is 29.9 Å². The Balaban J connectivity index is 2.05. The van der Waals surface area contributed by atoms with Crippen LogP contribution >= 0.6 is 27.7 Å². The van der Waals surface area contributed by atoms with E-state index in [2.05, 4.69) is 49.0 Å². The molecule has 0 aliphatic carbocycles. The van der Waals surface area contributed by atoms with E-state index in [-0.39, 0.29) is 6.04 Å². The fourth-order valence-electron chi connectivity index (χ4n) is 1.73. The zero-order valence-corrected chi connectivity index (χ0v) is 12.8. The molecule has 18 heavy (non-hydrogen) atoms. The summed E-state index contributed by atoms with van der Waals surface area (Å²) >= 11 is 5.39. The molecule has 0 bridgehead atoms. The van der Waals surface area contributed by atoms with Crippen LogP contribution in [-0.4, -0.2) is 22.4 Å². The zero-order valence-electron chi connectivity index (χ0n) is 10.4. The number of thioether (sulfide) groups is 1. The molecule has 0 saturated carbocycles. The number of rotatable bonds is 5. The average Bonchev–Trinajstić information content (AvgIpc) is 2.79. The number of nitrogens with zero attached hydrogens (tertiary/aromatic N) is 2. The number of imidazole rings is 1. The highest BCUT2D eigenvalue weighted by Gasteiger charge is 2.14. The van der Waals surface area contributed by atoms with Gasteiger partial charge in [0.05, 0.1) is 6.04 Å². The second-order valence-corrected chi connectivity index (χ2v) is 5.90. The van der Waals surface area contributed by atoms with E-state index in [4.69, 9.17) is 0 Å². The van der Waals surface area contributed by atoms with Gasteiger partial charge >= 0.3 is 0 Å². The molecule has 1 N–H and O–H groups in total. The van der Waals surface area contributed by atoms with E-state index >= 15 is 0 Å². The summed E-state index contributed by atoms with van der Waals surface area (Å²) in [6, 6.07) is 8.53. The molecule has 0 aliphatic rings. The highest BCUT2D eigenvalue weighted by atomic mass is 79.9. The Bertz CT molecular complexity index is 512. The average molecular weight is 326 g/mol. The fourth-order valence-corrected chi connectivity index (χ4v) is 3.41. The number of aromatic nitrogens is 2. The molecule has 0 radical (unpaired) electrons. The smallest absolute Gasteiger partial charge is 0.126 e. The normalized spacial score (nSPS) is 12.6. The lowest BCUT2D eigenvalue weighted by Crippen LogP contribution is -2.22. The van der Waals surface area contributed by atoms with Crippen molar-refractivity contribution in [1.29, 1.82) is 0 Å². The molecule has 5 heteroatoms. The molecule has 2 rings (SSSR count). The lowest BCUT2D eigenvalue weighted by Gasteiger charge is -2.16. The van der Waals surface area contributed by atoms with Crippen molar-refractivity contribution in [2.75, 3.05) is 12.8 Å². The van der Waals surface area contributed by atoms with Gasteiger partial charge in [-0.15, -0.1) is 11.8 Å². The number of halogens is 1. The van der Waals surface area contributed by atoms with E-state index in [0.717, 1.165) is 16.0 Å². The van der Waals surface area contributed by atoms with Crippen molar-refractivity contribution in [3.63, 3.8) is 0 Å². The molecule has 1 atom stereocenters. The van der Waals surface area contributed by atoms with Crippen LogP contribution < -0.4 is 5.32 Å². The maximum Gasteiger partial charge on any atom is 0.126 e. The molecule has 1 aromatic carbocycles. The van der Waals surface area contributed by atoms with Crippen molar-refractivity contribution >= 4 is 27.7 Å². The fraction of sp³-hybridized carbons (Fsp3) is 0.308. The van der Waals surface area contributed by atoms with Gasteiger partial charge in [0.15, 0.2) is 0 Å². The largest absolute Gasteiger partial charge is 0.337 e. The SMILES string of the molecule is CNC(CSc1ccccc1Br)c1nccn1C. The van der Waals surface area contributed by atoms with Crippen molar-refractivity contribution in [3.05, 3.63) is 47.0 Å². The Morgan fingerprint density at radius 1 is 1.44 bits per heavy atom. The monoisotopic (exact) mass is 325 g/mol. The first kappa shape index (κ1) is 13.6. The molecule has 1 unspecified atom stereocenters. The van der Waals surface area contributed by atoms with E-state index < -0.39 is 0 Å². The van der Waals surface area contributed by atoms with Crippen LogP contribution in [0.4, 0.5) is 0 Å². The molecule has 0 fully saturated rings. The van der Waals surface area contributed by atoms with Gasteiger partial charge in [-0.1, -0.05) is 12.1 Å². The quantitative estimate of drug-likeness (QED) is 0.856. The van der Waals surface area contributed by atoms with Gasteiger partial charge in [0.1, 0.15) is 5.82 Å². The van der Waals surface area contributed by atoms with Gasteiger partial charge in [-0.25, -0.2) is 4.98 Å². The van der Waals surface area contributed by atoms with E-state index in [1.54, 1.807) is 0 Å². The van der Waals surface area contributed by atoms with Gasteiger partial charge < -0.3 is 9.88 Å². The Hall–Kier alpha value is -0.780. The lowest BCUT2D eigenvalue weighted by molar-refractivity contribution is 0.593. The minimum absolute atomic E-state index is 0.252. The van der Waals surface area contributed by atoms with Gasteiger partial charge in [0, 0.05) is 34.6 Å². The minimum atomic E-state index is 0.252. The van der Waals surface area contributed by atoms with Gasteiger partial charge in [0.25, 0.3) is 0 Å². The second kappa shape index (κ2) is 6.41. The van der Waals surface area contributed by atoms with Crippen LogP contribution in [0.2, 0.25) is 0 Å². The van der Waals surface area contributed by atoms with Crippen LogP contribution in [0.15, 0.2) is 46.0 Å². The van der Waals surface area contributed by atoms with E-state index in [0.29, 0.717) is 0 Å². The standard InChI is InChI=1S/C13H16BrN3S/c1-15-11(13-16-7-8-17(13)2)9-18-12-6-4-3-5-10(12)14/h3-8,11,15H,9H2,1-2H3. The van der Waals surface area contributed by atoms with Crippen molar-refractivity contribution in [3.8, 4) is 0 Å². The third kappa shape index (κ3) is 3.16. The van der Waals surface area contributed by atoms with Crippen molar-refractivity contribution in [1.82, 2.24) is 14.9 Å². The maximum absolute atomic E-state index is 4.40. The van der Waals surface area contributed by atoms with Crippen LogP contribution in [0.1, 0.15) is 11.9 Å². The van der Waals surface area contributed by atoms with E-state index in [1.165, 1.54) is 4.90 Å². The predicted molar refractivity (Wildman–Crippen MR) is 79.9 cm³/mol.